The molecule has 21 heavy (non-hydrogen) atoms. The molecule has 1 aromatic carbocycles. The molecular formula is C14H18ClN3O3. The van der Waals surface area contributed by atoms with Gasteiger partial charge in [-0.2, -0.15) is 0 Å². The second-order valence-electron chi connectivity index (χ2n) is 5.09. The lowest BCUT2D eigenvalue weighted by Gasteiger charge is -2.16. The number of benzene rings is 1. The molecule has 0 heterocycles. The molecule has 0 radical (unpaired) electrons. The summed E-state index contributed by atoms with van der Waals surface area (Å²) in [5.74, 6) is -1.14. The molecule has 1 saturated carbocycles. The highest BCUT2D eigenvalue weighted by molar-refractivity contribution is 6.31. The largest absolute Gasteiger partial charge is 0.478 e. The van der Waals surface area contributed by atoms with Crippen molar-refractivity contribution in [3.8, 4) is 0 Å². The molecule has 0 unspecified atom stereocenters. The van der Waals surface area contributed by atoms with Gasteiger partial charge in [0, 0.05) is 24.2 Å². The van der Waals surface area contributed by atoms with Crippen LogP contribution < -0.4 is 10.6 Å². The van der Waals surface area contributed by atoms with Crippen LogP contribution in [0.15, 0.2) is 18.2 Å². The molecule has 2 amide bonds. The second-order valence-corrected chi connectivity index (χ2v) is 5.52. The Morgan fingerprint density at radius 1 is 1.43 bits per heavy atom. The number of hydrogen-bond acceptors (Lipinski definition) is 3. The number of urea groups is 1. The van der Waals surface area contributed by atoms with Gasteiger partial charge in [0.05, 0.1) is 11.3 Å². The minimum absolute atomic E-state index is 0.0345. The van der Waals surface area contributed by atoms with Crippen molar-refractivity contribution >= 4 is 29.3 Å². The first kappa shape index (κ1) is 15.6. The number of amides is 2. The summed E-state index contributed by atoms with van der Waals surface area (Å²) in [4.78, 5) is 25.1. The van der Waals surface area contributed by atoms with Crippen LogP contribution in [-0.2, 0) is 0 Å². The van der Waals surface area contributed by atoms with E-state index in [2.05, 4.69) is 15.5 Å². The van der Waals surface area contributed by atoms with E-state index in [1.165, 1.54) is 31.0 Å². The summed E-state index contributed by atoms with van der Waals surface area (Å²) in [7, 11) is 2.03. The first-order valence-corrected chi connectivity index (χ1v) is 7.13. The van der Waals surface area contributed by atoms with Crippen molar-refractivity contribution in [3.05, 3.63) is 28.8 Å². The predicted octanol–water partition coefficient (Wildman–Crippen LogP) is 2.25. The van der Waals surface area contributed by atoms with Gasteiger partial charge in [0.25, 0.3) is 0 Å². The van der Waals surface area contributed by atoms with Gasteiger partial charge in [-0.3, -0.25) is 0 Å². The number of likely N-dealkylation sites (N-methyl/N-ethyl adjacent to an activating group) is 1. The van der Waals surface area contributed by atoms with Crippen molar-refractivity contribution in [2.45, 2.75) is 18.9 Å². The van der Waals surface area contributed by atoms with E-state index in [0.29, 0.717) is 17.6 Å². The van der Waals surface area contributed by atoms with E-state index < -0.39 is 12.0 Å². The van der Waals surface area contributed by atoms with Gasteiger partial charge in [-0.05, 0) is 38.1 Å². The summed E-state index contributed by atoms with van der Waals surface area (Å²) >= 11 is 5.75. The number of anilines is 1. The van der Waals surface area contributed by atoms with E-state index in [4.69, 9.17) is 16.7 Å². The molecule has 2 rings (SSSR count). The third kappa shape index (κ3) is 4.61. The highest BCUT2D eigenvalue weighted by Gasteiger charge is 2.25. The average molecular weight is 312 g/mol. The number of carbonyl (C=O) groups is 2. The molecule has 6 nitrogen and oxygen atoms in total. The maximum absolute atomic E-state index is 11.8. The summed E-state index contributed by atoms with van der Waals surface area (Å²) < 4.78 is 0. The zero-order chi connectivity index (χ0) is 15.4. The Morgan fingerprint density at radius 2 is 2.14 bits per heavy atom. The van der Waals surface area contributed by atoms with E-state index in [1.807, 2.05) is 7.05 Å². The molecule has 0 atom stereocenters. The Morgan fingerprint density at radius 3 is 2.76 bits per heavy atom. The van der Waals surface area contributed by atoms with Gasteiger partial charge in [-0.1, -0.05) is 11.6 Å². The van der Waals surface area contributed by atoms with Crippen LogP contribution in [0.5, 0.6) is 0 Å². The minimum atomic E-state index is -1.14. The van der Waals surface area contributed by atoms with Gasteiger partial charge in [0.2, 0.25) is 0 Å². The molecule has 0 saturated heterocycles. The lowest BCUT2D eigenvalue weighted by Crippen LogP contribution is -2.36. The van der Waals surface area contributed by atoms with E-state index in [9.17, 15) is 9.59 Å². The van der Waals surface area contributed by atoms with Gasteiger partial charge < -0.3 is 20.6 Å². The topological polar surface area (TPSA) is 81.7 Å². The molecule has 3 N–H and O–H groups in total. The molecular weight excluding hydrogens is 294 g/mol. The smallest absolute Gasteiger partial charge is 0.337 e. The van der Waals surface area contributed by atoms with E-state index in [0.717, 1.165) is 6.54 Å². The minimum Gasteiger partial charge on any atom is -0.478 e. The summed E-state index contributed by atoms with van der Waals surface area (Å²) in [6, 6.07) is 4.53. The lowest BCUT2D eigenvalue weighted by molar-refractivity contribution is 0.0698. The summed E-state index contributed by atoms with van der Waals surface area (Å²) in [5, 5.41) is 14.6. The summed E-state index contributed by atoms with van der Waals surface area (Å²) in [6.07, 6.45) is 2.44. The van der Waals surface area contributed by atoms with Crippen LogP contribution in [0.25, 0.3) is 0 Å². The van der Waals surface area contributed by atoms with E-state index in [1.54, 1.807) is 0 Å². The van der Waals surface area contributed by atoms with Crippen molar-refractivity contribution in [1.82, 2.24) is 10.2 Å². The van der Waals surface area contributed by atoms with Crippen LogP contribution in [0.2, 0.25) is 5.02 Å². The van der Waals surface area contributed by atoms with Gasteiger partial charge in [-0.25, -0.2) is 9.59 Å². The molecule has 1 aliphatic rings. The molecule has 1 aliphatic carbocycles. The monoisotopic (exact) mass is 311 g/mol. The number of hydrogen-bond donors (Lipinski definition) is 3. The number of carbonyl (C=O) groups excluding carboxylic acids is 1. The molecule has 114 valence electrons. The Balaban J connectivity index is 1.85. The number of halogens is 1. The summed E-state index contributed by atoms with van der Waals surface area (Å²) in [5.41, 5.74) is 0.188. The number of nitrogens with zero attached hydrogens (tertiary/aromatic N) is 1. The fourth-order valence-electron chi connectivity index (χ4n) is 2.01. The zero-order valence-corrected chi connectivity index (χ0v) is 12.5. The Hall–Kier alpha value is -1.79. The lowest BCUT2D eigenvalue weighted by atomic mass is 10.2. The van der Waals surface area contributed by atoms with Crippen molar-refractivity contribution in [1.29, 1.82) is 0 Å². The van der Waals surface area contributed by atoms with Gasteiger partial charge >= 0.3 is 12.0 Å². The molecule has 0 spiro atoms. The number of aromatic carboxylic acids is 1. The highest BCUT2D eigenvalue weighted by Crippen LogP contribution is 2.24. The third-order valence-corrected chi connectivity index (χ3v) is 3.62. The van der Waals surface area contributed by atoms with Crippen LogP contribution in [0.3, 0.4) is 0 Å². The van der Waals surface area contributed by atoms with Gasteiger partial charge in [-0.15, -0.1) is 0 Å². The summed E-state index contributed by atoms with van der Waals surface area (Å²) in [6.45, 7) is 1.28. The van der Waals surface area contributed by atoms with Crippen LogP contribution in [-0.4, -0.2) is 48.2 Å². The van der Waals surface area contributed by atoms with Crippen LogP contribution in [0.4, 0.5) is 10.5 Å². The molecule has 1 aromatic rings. The molecule has 0 aromatic heterocycles. The zero-order valence-electron chi connectivity index (χ0n) is 11.7. The number of rotatable bonds is 6. The van der Waals surface area contributed by atoms with Crippen LogP contribution >= 0.6 is 11.6 Å². The van der Waals surface area contributed by atoms with Gasteiger partial charge in [0.15, 0.2) is 0 Å². The van der Waals surface area contributed by atoms with Crippen LogP contribution in [0, 0.1) is 0 Å². The second kappa shape index (κ2) is 6.78. The van der Waals surface area contributed by atoms with Crippen molar-refractivity contribution in [3.63, 3.8) is 0 Å². The molecule has 1 fully saturated rings. The Labute approximate surface area is 128 Å². The van der Waals surface area contributed by atoms with E-state index >= 15 is 0 Å². The maximum atomic E-state index is 11.8. The van der Waals surface area contributed by atoms with Gasteiger partial charge in [0.1, 0.15) is 0 Å². The van der Waals surface area contributed by atoms with Crippen molar-refractivity contribution < 1.29 is 14.7 Å². The standard InChI is InChI=1S/C14H18ClN3O3/c1-18(10-3-4-10)7-6-16-14(21)17-12-5-2-9(15)8-11(12)13(19)20/h2,5,8,10H,3-4,6-7H2,1H3,(H,19,20)(H2,16,17,21). The first-order chi connectivity index (χ1) is 9.97. The Bertz CT molecular complexity index is 546. The van der Waals surface area contributed by atoms with Crippen molar-refractivity contribution in [2.24, 2.45) is 0 Å². The molecule has 0 bridgehead atoms. The Kier molecular flexibility index (Phi) is 5.03. The molecule has 0 aliphatic heterocycles. The normalized spacial score (nSPS) is 14.0. The van der Waals surface area contributed by atoms with Crippen molar-refractivity contribution in [2.75, 3.05) is 25.5 Å². The SMILES string of the molecule is CN(CCNC(=O)Nc1ccc(Cl)cc1C(=O)O)C1CC1. The maximum Gasteiger partial charge on any atom is 0.337 e. The average Bonchev–Trinajstić information content (AvgIpc) is 3.25. The highest BCUT2D eigenvalue weighted by atomic mass is 35.5. The predicted molar refractivity (Wildman–Crippen MR) is 81.1 cm³/mol. The number of carboxylic acids is 1. The third-order valence-electron chi connectivity index (χ3n) is 3.38. The van der Waals surface area contributed by atoms with Crippen LogP contribution in [0.1, 0.15) is 23.2 Å². The molecule has 7 heteroatoms. The number of carboxylic acid groups (broad SMARTS) is 1. The van der Waals surface area contributed by atoms with E-state index in [-0.39, 0.29) is 11.3 Å². The quantitative estimate of drug-likeness (QED) is 0.752. The fraction of sp³-hybridized carbons (Fsp3) is 0.429. The number of nitrogens with one attached hydrogen (secondary N) is 2. The fourth-order valence-corrected chi connectivity index (χ4v) is 2.18. The first-order valence-electron chi connectivity index (χ1n) is 6.75.